The summed E-state index contributed by atoms with van der Waals surface area (Å²) in [6.07, 6.45) is 1.61. The van der Waals surface area contributed by atoms with Gasteiger partial charge in [-0.2, -0.15) is 0 Å². The van der Waals surface area contributed by atoms with Crippen molar-refractivity contribution in [3.05, 3.63) is 60.3 Å². The summed E-state index contributed by atoms with van der Waals surface area (Å²) in [6, 6.07) is 11.1. The number of fused-ring (bicyclic) bond motifs is 2. The number of hydrogen-bond donors (Lipinski definition) is 2. The van der Waals surface area contributed by atoms with Gasteiger partial charge in [0.1, 0.15) is 31.5 Å². The van der Waals surface area contributed by atoms with Gasteiger partial charge in [0.15, 0.2) is 11.5 Å². The second-order valence-corrected chi connectivity index (χ2v) is 7.30. The van der Waals surface area contributed by atoms with Crippen molar-refractivity contribution in [2.45, 2.75) is 19.3 Å². The Morgan fingerprint density at radius 1 is 1.13 bits per heavy atom. The molecular weight excluding hydrogens is 403 g/mol. The molecule has 1 aromatic heterocycles. The molecular formula is C22H21FN4O4. The Morgan fingerprint density at radius 3 is 2.77 bits per heavy atom. The Balaban J connectivity index is 1.24. The number of anilines is 1. The van der Waals surface area contributed by atoms with Crippen LogP contribution in [0.4, 0.5) is 14.9 Å². The first-order valence-corrected chi connectivity index (χ1v) is 10.0. The monoisotopic (exact) mass is 424 g/mol. The molecule has 2 aliphatic heterocycles. The lowest BCUT2D eigenvalue weighted by Crippen LogP contribution is -2.40. The Kier molecular flexibility index (Phi) is 5.17. The van der Waals surface area contributed by atoms with Crippen molar-refractivity contribution in [2.75, 3.05) is 25.1 Å². The lowest BCUT2D eigenvalue weighted by molar-refractivity contribution is 0.00514. The van der Waals surface area contributed by atoms with Crippen LogP contribution >= 0.6 is 0 Å². The van der Waals surface area contributed by atoms with Crippen molar-refractivity contribution in [2.24, 2.45) is 0 Å². The molecule has 0 spiro atoms. The van der Waals surface area contributed by atoms with Gasteiger partial charge in [-0.15, -0.1) is 0 Å². The van der Waals surface area contributed by atoms with Gasteiger partial charge in [0, 0.05) is 17.8 Å². The maximum absolute atomic E-state index is 13.0. The SMILES string of the molecule is O=C(NC[C@H]1Cn2c(-c3ccc4c(c3)OCCO4)cnc2CO1)Nc1ccc(F)cc1. The van der Waals surface area contributed by atoms with Crippen LogP contribution in [0.3, 0.4) is 0 Å². The van der Waals surface area contributed by atoms with E-state index in [-0.39, 0.29) is 18.0 Å². The van der Waals surface area contributed by atoms with Gasteiger partial charge >= 0.3 is 6.03 Å². The molecule has 0 aliphatic carbocycles. The molecule has 0 saturated heterocycles. The standard InChI is InChI=1S/C22H21FN4O4/c23-15-2-4-16(5-3-15)26-22(28)25-10-17-12-27-18(11-24-21(27)13-31-17)14-1-6-19-20(9-14)30-8-7-29-19/h1-6,9,11,17H,7-8,10,12-13H2,(H2,25,26,28)/t17-/m0/s1. The summed E-state index contributed by atoms with van der Waals surface area (Å²) in [7, 11) is 0. The van der Waals surface area contributed by atoms with E-state index in [1.54, 1.807) is 0 Å². The summed E-state index contributed by atoms with van der Waals surface area (Å²) in [5.74, 6) is 1.94. The predicted octanol–water partition coefficient (Wildman–Crippen LogP) is 3.18. The number of halogens is 1. The Bertz CT molecular complexity index is 1100. The number of carbonyl (C=O) groups is 1. The number of carbonyl (C=O) groups excluding carboxylic acids is 1. The van der Waals surface area contributed by atoms with Gasteiger partial charge in [-0.1, -0.05) is 0 Å². The van der Waals surface area contributed by atoms with Gasteiger partial charge in [0.25, 0.3) is 0 Å². The number of hydrogen-bond acceptors (Lipinski definition) is 5. The third-order valence-electron chi connectivity index (χ3n) is 5.20. The van der Waals surface area contributed by atoms with Crippen LogP contribution in [-0.2, 0) is 17.9 Å². The molecule has 2 N–H and O–H groups in total. The average molecular weight is 424 g/mol. The van der Waals surface area contributed by atoms with E-state index in [4.69, 9.17) is 14.2 Å². The zero-order chi connectivity index (χ0) is 21.2. The van der Waals surface area contributed by atoms with Crippen molar-refractivity contribution < 1.29 is 23.4 Å². The number of aromatic nitrogens is 2. The summed E-state index contributed by atoms with van der Waals surface area (Å²) < 4.78 is 32.2. The molecule has 160 valence electrons. The van der Waals surface area contributed by atoms with Crippen molar-refractivity contribution in [1.29, 1.82) is 0 Å². The van der Waals surface area contributed by atoms with Crippen molar-refractivity contribution in [3.63, 3.8) is 0 Å². The number of nitrogens with one attached hydrogen (secondary N) is 2. The molecule has 1 atom stereocenters. The first-order valence-electron chi connectivity index (χ1n) is 10.0. The second kappa shape index (κ2) is 8.27. The van der Waals surface area contributed by atoms with E-state index in [2.05, 4.69) is 20.2 Å². The molecule has 2 amide bonds. The number of imidazole rings is 1. The maximum atomic E-state index is 13.0. The highest BCUT2D eigenvalue weighted by molar-refractivity contribution is 5.89. The molecule has 0 bridgehead atoms. The number of amides is 2. The van der Waals surface area contributed by atoms with Crippen LogP contribution in [0.5, 0.6) is 11.5 Å². The minimum atomic E-state index is -0.376. The zero-order valence-corrected chi connectivity index (χ0v) is 16.6. The highest BCUT2D eigenvalue weighted by Crippen LogP contribution is 2.35. The third kappa shape index (κ3) is 4.17. The van der Waals surface area contributed by atoms with Gasteiger partial charge in [0.2, 0.25) is 0 Å². The summed E-state index contributed by atoms with van der Waals surface area (Å²) in [4.78, 5) is 16.6. The molecule has 3 heterocycles. The average Bonchev–Trinajstić information content (AvgIpc) is 3.22. The third-order valence-corrected chi connectivity index (χ3v) is 5.20. The fourth-order valence-corrected chi connectivity index (χ4v) is 3.65. The highest BCUT2D eigenvalue weighted by atomic mass is 19.1. The van der Waals surface area contributed by atoms with E-state index < -0.39 is 0 Å². The van der Waals surface area contributed by atoms with E-state index in [0.717, 1.165) is 28.6 Å². The largest absolute Gasteiger partial charge is 0.486 e. The van der Waals surface area contributed by atoms with Crippen LogP contribution < -0.4 is 20.1 Å². The lowest BCUT2D eigenvalue weighted by atomic mass is 10.1. The second-order valence-electron chi connectivity index (χ2n) is 7.30. The Hall–Kier alpha value is -3.59. The lowest BCUT2D eigenvalue weighted by Gasteiger charge is -2.26. The fraction of sp³-hybridized carbons (Fsp3) is 0.273. The fourth-order valence-electron chi connectivity index (χ4n) is 3.65. The maximum Gasteiger partial charge on any atom is 0.319 e. The smallest absolute Gasteiger partial charge is 0.319 e. The zero-order valence-electron chi connectivity index (χ0n) is 16.6. The van der Waals surface area contributed by atoms with Crippen LogP contribution in [0.15, 0.2) is 48.7 Å². The number of ether oxygens (including phenoxy) is 3. The molecule has 5 rings (SSSR count). The highest BCUT2D eigenvalue weighted by Gasteiger charge is 2.24. The van der Waals surface area contributed by atoms with Gasteiger partial charge in [0.05, 0.1) is 24.5 Å². The van der Waals surface area contributed by atoms with Crippen LogP contribution in [0.25, 0.3) is 11.3 Å². The minimum Gasteiger partial charge on any atom is -0.486 e. The molecule has 0 fully saturated rings. The molecule has 0 saturated carbocycles. The van der Waals surface area contributed by atoms with E-state index in [9.17, 15) is 9.18 Å². The topological polar surface area (TPSA) is 86.6 Å². The van der Waals surface area contributed by atoms with Gasteiger partial charge in [-0.3, -0.25) is 0 Å². The predicted molar refractivity (Wildman–Crippen MR) is 111 cm³/mol. The minimum absolute atomic E-state index is 0.211. The summed E-state index contributed by atoms with van der Waals surface area (Å²) in [5.41, 5.74) is 2.45. The van der Waals surface area contributed by atoms with Crippen molar-refractivity contribution in [1.82, 2.24) is 14.9 Å². The quantitative estimate of drug-likeness (QED) is 0.672. The molecule has 2 aliphatic rings. The molecule has 9 heteroatoms. The van der Waals surface area contributed by atoms with E-state index in [0.29, 0.717) is 38.6 Å². The normalized spacial score (nSPS) is 17.0. The van der Waals surface area contributed by atoms with E-state index in [1.807, 2.05) is 24.4 Å². The Labute approximate surface area is 177 Å². The summed E-state index contributed by atoms with van der Waals surface area (Å²) in [5, 5.41) is 5.47. The van der Waals surface area contributed by atoms with Crippen LogP contribution in [0.1, 0.15) is 5.82 Å². The first kappa shape index (κ1) is 19.4. The number of urea groups is 1. The van der Waals surface area contributed by atoms with Gasteiger partial charge in [-0.05, 0) is 42.5 Å². The molecule has 31 heavy (non-hydrogen) atoms. The van der Waals surface area contributed by atoms with Gasteiger partial charge < -0.3 is 29.4 Å². The van der Waals surface area contributed by atoms with Gasteiger partial charge in [-0.25, -0.2) is 14.2 Å². The van der Waals surface area contributed by atoms with Crippen molar-refractivity contribution in [3.8, 4) is 22.8 Å². The van der Waals surface area contributed by atoms with Crippen molar-refractivity contribution >= 4 is 11.7 Å². The van der Waals surface area contributed by atoms with E-state index >= 15 is 0 Å². The summed E-state index contributed by atoms with van der Waals surface area (Å²) in [6.45, 7) is 2.31. The van der Waals surface area contributed by atoms with Crippen LogP contribution in [0, 0.1) is 5.82 Å². The molecule has 3 aromatic rings. The molecule has 8 nitrogen and oxygen atoms in total. The van der Waals surface area contributed by atoms with Crippen LogP contribution in [0.2, 0.25) is 0 Å². The summed E-state index contributed by atoms with van der Waals surface area (Å²) >= 11 is 0. The molecule has 0 unspecified atom stereocenters. The number of nitrogens with zero attached hydrogens (tertiary/aromatic N) is 2. The number of benzene rings is 2. The Morgan fingerprint density at radius 2 is 1.94 bits per heavy atom. The van der Waals surface area contributed by atoms with E-state index in [1.165, 1.54) is 24.3 Å². The first-order chi connectivity index (χ1) is 15.2. The number of rotatable bonds is 4. The molecule has 0 radical (unpaired) electrons. The van der Waals surface area contributed by atoms with Crippen LogP contribution in [-0.4, -0.2) is 41.4 Å². The molecule has 2 aromatic carbocycles.